The summed E-state index contributed by atoms with van der Waals surface area (Å²) in [6.45, 7) is 6.38. The molecule has 2 heterocycles. The molecule has 0 radical (unpaired) electrons. The first kappa shape index (κ1) is 12.6. The second-order valence-corrected chi connectivity index (χ2v) is 5.00. The highest BCUT2D eigenvalue weighted by atomic mass is 16.5. The number of nitrogens with one attached hydrogen (secondary N) is 1. The van der Waals surface area contributed by atoms with Crippen LogP contribution in [0.4, 0.5) is 0 Å². The fourth-order valence-electron chi connectivity index (χ4n) is 2.55. The quantitative estimate of drug-likeness (QED) is 0.794. The van der Waals surface area contributed by atoms with Crippen LogP contribution < -0.4 is 5.32 Å². The van der Waals surface area contributed by atoms with Crippen molar-refractivity contribution in [2.75, 3.05) is 6.54 Å². The van der Waals surface area contributed by atoms with E-state index in [9.17, 15) is 0 Å². The average Bonchev–Trinajstić information content (AvgIpc) is 2.76. The first-order valence-electron chi connectivity index (χ1n) is 6.60. The van der Waals surface area contributed by atoms with Crippen LogP contribution in [0.25, 0.3) is 0 Å². The Morgan fingerprint density at radius 3 is 2.76 bits per heavy atom. The Balaban J connectivity index is 1.61. The standard InChI is InChI=1S/C13H23N3O/c1-11-9-13(10-12(2)17-11)14-5-3-7-16-8-4-6-15-16/h4,6,8,11-14H,3,5,7,9-10H2,1-2H3. The van der Waals surface area contributed by atoms with Crippen LogP contribution in [0.15, 0.2) is 18.5 Å². The number of aromatic nitrogens is 2. The molecule has 1 N–H and O–H groups in total. The fourth-order valence-corrected chi connectivity index (χ4v) is 2.55. The predicted octanol–water partition coefficient (Wildman–Crippen LogP) is 1.82. The van der Waals surface area contributed by atoms with Crippen molar-refractivity contribution in [2.24, 2.45) is 0 Å². The molecule has 17 heavy (non-hydrogen) atoms. The van der Waals surface area contributed by atoms with E-state index in [0.717, 1.165) is 32.4 Å². The van der Waals surface area contributed by atoms with Gasteiger partial charge in [0.25, 0.3) is 0 Å². The summed E-state index contributed by atoms with van der Waals surface area (Å²) in [5.41, 5.74) is 0. The maximum absolute atomic E-state index is 5.73. The van der Waals surface area contributed by atoms with Crippen molar-refractivity contribution in [2.45, 2.75) is 57.9 Å². The van der Waals surface area contributed by atoms with Gasteiger partial charge >= 0.3 is 0 Å². The monoisotopic (exact) mass is 237 g/mol. The van der Waals surface area contributed by atoms with E-state index in [0.29, 0.717) is 18.2 Å². The van der Waals surface area contributed by atoms with Crippen LogP contribution in [0, 0.1) is 0 Å². The third-order valence-corrected chi connectivity index (χ3v) is 3.25. The van der Waals surface area contributed by atoms with Crippen molar-refractivity contribution >= 4 is 0 Å². The molecule has 4 nitrogen and oxygen atoms in total. The molecule has 1 aromatic heterocycles. The van der Waals surface area contributed by atoms with Crippen molar-refractivity contribution in [1.82, 2.24) is 15.1 Å². The SMILES string of the molecule is CC1CC(NCCCn2cccn2)CC(C)O1. The summed E-state index contributed by atoms with van der Waals surface area (Å²) in [5.74, 6) is 0. The fraction of sp³-hybridized carbons (Fsp3) is 0.769. The van der Waals surface area contributed by atoms with E-state index in [4.69, 9.17) is 4.74 Å². The molecule has 0 aromatic carbocycles. The van der Waals surface area contributed by atoms with Crippen LogP contribution >= 0.6 is 0 Å². The molecular weight excluding hydrogens is 214 g/mol. The highest BCUT2D eigenvalue weighted by molar-refractivity contribution is 4.79. The van der Waals surface area contributed by atoms with Gasteiger partial charge < -0.3 is 10.1 Å². The van der Waals surface area contributed by atoms with Gasteiger partial charge in [-0.15, -0.1) is 0 Å². The van der Waals surface area contributed by atoms with E-state index < -0.39 is 0 Å². The predicted molar refractivity (Wildman–Crippen MR) is 67.9 cm³/mol. The lowest BCUT2D eigenvalue weighted by Gasteiger charge is -2.32. The lowest BCUT2D eigenvalue weighted by atomic mass is 10.00. The first-order chi connectivity index (χ1) is 8.24. The van der Waals surface area contributed by atoms with Gasteiger partial charge in [0.2, 0.25) is 0 Å². The normalized spacial score (nSPS) is 29.4. The zero-order valence-corrected chi connectivity index (χ0v) is 10.8. The third kappa shape index (κ3) is 4.13. The maximum Gasteiger partial charge on any atom is 0.0565 e. The average molecular weight is 237 g/mol. The summed E-state index contributed by atoms with van der Waals surface area (Å²) in [5, 5.41) is 7.82. The number of ether oxygens (including phenoxy) is 1. The molecule has 1 fully saturated rings. The molecule has 2 unspecified atom stereocenters. The van der Waals surface area contributed by atoms with Gasteiger partial charge in [-0.3, -0.25) is 4.68 Å². The lowest BCUT2D eigenvalue weighted by molar-refractivity contribution is -0.0420. The number of hydrogen-bond acceptors (Lipinski definition) is 3. The minimum Gasteiger partial charge on any atom is -0.375 e. The summed E-state index contributed by atoms with van der Waals surface area (Å²) < 4.78 is 7.71. The van der Waals surface area contributed by atoms with Crippen molar-refractivity contribution in [3.8, 4) is 0 Å². The van der Waals surface area contributed by atoms with E-state index in [2.05, 4.69) is 24.3 Å². The largest absolute Gasteiger partial charge is 0.375 e. The van der Waals surface area contributed by atoms with Crippen LogP contribution in [0.1, 0.15) is 33.1 Å². The molecule has 1 saturated heterocycles. The van der Waals surface area contributed by atoms with Crippen LogP contribution in [-0.4, -0.2) is 34.6 Å². The summed E-state index contributed by atoms with van der Waals surface area (Å²) in [7, 11) is 0. The van der Waals surface area contributed by atoms with E-state index in [1.165, 1.54) is 0 Å². The van der Waals surface area contributed by atoms with Crippen molar-refractivity contribution in [3.63, 3.8) is 0 Å². The van der Waals surface area contributed by atoms with E-state index in [1.54, 1.807) is 0 Å². The summed E-state index contributed by atoms with van der Waals surface area (Å²) in [6, 6.07) is 2.58. The zero-order valence-electron chi connectivity index (χ0n) is 10.8. The maximum atomic E-state index is 5.73. The molecule has 1 aromatic rings. The van der Waals surface area contributed by atoms with Crippen molar-refractivity contribution in [1.29, 1.82) is 0 Å². The Kier molecular flexibility index (Phi) is 4.57. The molecule has 2 atom stereocenters. The smallest absolute Gasteiger partial charge is 0.0565 e. The Morgan fingerprint density at radius 2 is 2.12 bits per heavy atom. The number of hydrogen-bond donors (Lipinski definition) is 1. The Hall–Kier alpha value is -0.870. The van der Waals surface area contributed by atoms with Crippen LogP contribution in [-0.2, 0) is 11.3 Å². The van der Waals surface area contributed by atoms with Crippen LogP contribution in [0.3, 0.4) is 0 Å². The Labute approximate surface area is 103 Å². The van der Waals surface area contributed by atoms with Gasteiger partial charge in [-0.05, 0) is 45.7 Å². The first-order valence-corrected chi connectivity index (χ1v) is 6.60. The van der Waals surface area contributed by atoms with Gasteiger partial charge in [0.1, 0.15) is 0 Å². The van der Waals surface area contributed by atoms with Gasteiger partial charge in [0.15, 0.2) is 0 Å². The minimum absolute atomic E-state index is 0.391. The summed E-state index contributed by atoms with van der Waals surface area (Å²) in [4.78, 5) is 0. The third-order valence-electron chi connectivity index (χ3n) is 3.25. The van der Waals surface area contributed by atoms with E-state index in [-0.39, 0.29) is 0 Å². The molecule has 1 aliphatic heterocycles. The van der Waals surface area contributed by atoms with Crippen molar-refractivity contribution < 1.29 is 4.74 Å². The molecule has 0 saturated carbocycles. The lowest BCUT2D eigenvalue weighted by Crippen LogP contribution is -2.41. The minimum atomic E-state index is 0.391. The van der Waals surface area contributed by atoms with Gasteiger partial charge in [-0.25, -0.2) is 0 Å². The molecule has 1 aliphatic rings. The van der Waals surface area contributed by atoms with Crippen LogP contribution in [0.5, 0.6) is 0 Å². The van der Waals surface area contributed by atoms with E-state index >= 15 is 0 Å². The van der Waals surface area contributed by atoms with Crippen molar-refractivity contribution in [3.05, 3.63) is 18.5 Å². The summed E-state index contributed by atoms with van der Waals surface area (Å²) >= 11 is 0. The van der Waals surface area contributed by atoms with Gasteiger partial charge in [0.05, 0.1) is 12.2 Å². The number of nitrogens with zero attached hydrogens (tertiary/aromatic N) is 2. The van der Waals surface area contributed by atoms with Crippen LogP contribution in [0.2, 0.25) is 0 Å². The van der Waals surface area contributed by atoms with Gasteiger partial charge in [-0.1, -0.05) is 0 Å². The Morgan fingerprint density at radius 1 is 1.35 bits per heavy atom. The highest BCUT2D eigenvalue weighted by Crippen LogP contribution is 2.18. The molecule has 2 rings (SSSR count). The molecule has 0 amide bonds. The molecule has 0 bridgehead atoms. The molecule has 0 aliphatic carbocycles. The topological polar surface area (TPSA) is 39.1 Å². The van der Waals surface area contributed by atoms with Gasteiger partial charge in [-0.2, -0.15) is 5.10 Å². The highest BCUT2D eigenvalue weighted by Gasteiger charge is 2.23. The van der Waals surface area contributed by atoms with Gasteiger partial charge in [0, 0.05) is 25.0 Å². The molecular formula is C13H23N3O. The molecule has 4 heteroatoms. The molecule has 0 spiro atoms. The van der Waals surface area contributed by atoms with E-state index in [1.807, 2.05) is 23.1 Å². The Bertz CT molecular complexity index is 302. The summed E-state index contributed by atoms with van der Waals surface area (Å²) in [6.07, 6.45) is 8.01. The second-order valence-electron chi connectivity index (χ2n) is 5.00. The number of rotatable bonds is 5. The zero-order chi connectivity index (χ0) is 12.1. The molecule has 96 valence electrons. The number of aryl methyl sites for hydroxylation is 1. The second kappa shape index (κ2) is 6.17.